The summed E-state index contributed by atoms with van der Waals surface area (Å²) in [6.45, 7) is 13.9. The van der Waals surface area contributed by atoms with Crippen molar-refractivity contribution in [2.45, 2.75) is 26.7 Å². The summed E-state index contributed by atoms with van der Waals surface area (Å²) in [7, 11) is 0. The van der Waals surface area contributed by atoms with E-state index in [1.165, 1.54) is 26.0 Å². The van der Waals surface area contributed by atoms with Gasteiger partial charge in [0, 0.05) is 34.8 Å². The molecule has 6 nitrogen and oxygen atoms in total. The van der Waals surface area contributed by atoms with Crippen molar-refractivity contribution in [1.29, 1.82) is 0 Å². The van der Waals surface area contributed by atoms with Gasteiger partial charge in [0.15, 0.2) is 0 Å². The number of hydrogen-bond donors (Lipinski definition) is 0. The Morgan fingerprint density at radius 2 is 1.43 bits per heavy atom. The third-order valence-electron chi connectivity index (χ3n) is 6.46. The Kier molecular flexibility index (Phi) is 8.43. The Labute approximate surface area is 232 Å². The molecular formula is C33H29FO6. The zero-order chi connectivity index (χ0) is 29.0. The van der Waals surface area contributed by atoms with E-state index in [4.69, 9.17) is 14.2 Å². The summed E-state index contributed by atoms with van der Waals surface area (Å²) in [6.07, 6.45) is 2.66. The second kappa shape index (κ2) is 11.9. The van der Waals surface area contributed by atoms with Crippen LogP contribution in [0.5, 0.6) is 11.5 Å². The van der Waals surface area contributed by atoms with Crippen molar-refractivity contribution in [2.24, 2.45) is 5.92 Å². The molecule has 1 aliphatic carbocycles. The maximum atomic E-state index is 15.5. The number of ether oxygens (including phenoxy) is 3. The Morgan fingerprint density at radius 3 is 2.00 bits per heavy atom. The molecule has 4 rings (SSSR count). The highest BCUT2D eigenvalue weighted by Gasteiger charge is 2.23. The van der Waals surface area contributed by atoms with Gasteiger partial charge in [-0.2, -0.15) is 0 Å². The topological polar surface area (TPSA) is 78.9 Å². The summed E-state index contributed by atoms with van der Waals surface area (Å²) in [6, 6.07) is 15.1. The molecule has 1 unspecified atom stereocenters. The van der Waals surface area contributed by atoms with Gasteiger partial charge in [-0.25, -0.2) is 18.8 Å². The van der Waals surface area contributed by atoms with Gasteiger partial charge in [-0.3, -0.25) is 0 Å². The zero-order valence-corrected chi connectivity index (χ0v) is 22.4. The predicted octanol–water partition coefficient (Wildman–Crippen LogP) is 6.57. The van der Waals surface area contributed by atoms with E-state index in [0.29, 0.717) is 23.3 Å². The lowest BCUT2D eigenvalue weighted by Crippen LogP contribution is -2.12. The van der Waals surface area contributed by atoms with Gasteiger partial charge in [-0.1, -0.05) is 50.1 Å². The maximum absolute atomic E-state index is 15.5. The van der Waals surface area contributed by atoms with Crippen molar-refractivity contribution >= 4 is 17.9 Å². The number of benzene rings is 3. The predicted molar refractivity (Wildman–Crippen MR) is 150 cm³/mol. The SMILES string of the molecule is C=CC(=O)OCC1Cc2ccc(-c3ccc(-c4cc(OC(=O)C(=C)C)cc(OC(=O)C(=C)C)c4)cc3F)cc2C1. The first-order chi connectivity index (χ1) is 19.0. The number of carbonyl (C=O) groups excluding carboxylic acids is 3. The quantitative estimate of drug-likeness (QED) is 0.174. The zero-order valence-electron chi connectivity index (χ0n) is 22.4. The van der Waals surface area contributed by atoms with Gasteiger partial charge in [0.1, 0.15) is 17.3 Å². The van der Waals surface area contributed by atoms with Crippen LogP contribution in [0.3, 0.4) is 0 Å². The summed E-state index contributed by atoms with van der Waals surface area (Å²) in [5.41, 5.74) is 4.76. The smallest absolute Gasteiger partial charge is 0.338 e. The summed E-state index contributed by atoms with van der Waals surface area (Å²) in [5, 5.41) is 0. The molecule has 0 bridgehead atoms. The molecule has 1 atom stereocenters. The lowest BCUT2D eigenvalue weighted by atomic mass is 9.97. The largest absolute Gasteiger partial charge is 0.462 e. The molecule has 0 saturated carbocycles. The van der Waals surface area contributed by atoms with E-state index in [1.54, 1.807) is 24.3 Å². The molecule has 0 aromatic heterocycles. The molecule has 0 fully saturated rings. The summed E-state index contributed by atoms with van der Waals surface area (Å²) in [5.74, 6) is -1.78. The van der Waals surface area contributed by atoms with Crippen molar-refractivity contribution in [1.82, 2.24) is 0 Å². The van der Waals surface area contributed by atoms with Crippen molar-refractivity contribution in [3.05, 3.63) is 109 Å². The molecule has 3 aromatic carbocycles. The fourth-order valence-electron chi connectivity index (χ4n) is 4.43. The Bertz CT molecular complexity index is 1500. The van der Waals surface area contributed by atoms with E-state index in [9.17, 15) is 14.4 Å². The number of carbonyl (C=O) groups is 3. The normalized spacial score (nSPS) is 13.6. The molecule has 204 valence electrons. The van der Waals surface area contributed by atoms with Crippen molar-refractivity contribution in [2.75, 3.05) is 6.61 Å². The summed E-state index contributed by atoms with van der Waals surface area (Å²) < 4.78 is 31.4. The highest BCUT2D eigenvalue weighted by atomic mass is 19.1. The number of fused-ring (bicyclic) bond motifs is 1. The molecule has 0 N–H and O–H groups in total. The van der Waals surface area contributed by atoms with Gasteiger partial charge in [-0.05, 0) is 72.7 Å². The van der Waals surface area contributed by atoms with Gasteiger partial charge in [-0.15, -0.1) is 0 Å². The minimum atomic E-state index is -0.645. The molecule has 40 heavy (non-hydrogen) atoms. The third-order valence-corrected chi connectivity index (χ3v) is 6.46. The van der Waals surface area contributed by atoms with Crippen LogP contribution in [0.2, 0.25) is 0 Å². The lowest BCUT2D eigenvalue weighted by Gasteiger charge is -2.12. The Morgan fingerprint density at radius 1 is 0.825 bits per heavy atom. The van der Waals surface area contributed by atoms with Crippen LogP contribution in [-0.4, -0.2) is 24.5 Å². The van der Waals surface area contributed by atoms with Crippen LogP contribution in [0.25, 0.3) is 22.3 Å². The molecule has 0 spiro atoms. The van der Waals surface area contributed by atoms with Crippen LogP contribution >= 0.6 is 0 Å². The molecule has 0 saturated heterocycles. The fourth-order valence-corrected chi connectivity index (χ4v) is 4.43. The second-order valence-corrected chi connectivity index (χ2v) is 9.82. The minimum Gasteiger partial charge on any atom is -0.462 e. The van der Waals surface area contributed by atoms with Crippen LogP contribution < -0.4 is 9.47 Å². The third kappa shape index (κ3) is 6.61. The Hall–Kier alpha value is -4.78. The fraction of sp³-hybridized carbons (Fsp3) is 0.182. The van der Waals surface area contributed by atoms with Crippen molar-refractivity contribution < 1.29 is 33.0 Å². The van der Waals surface area contributed by atoms with Gasteiger partial charge >= 0.3 is 17.9 Å². The maximum Gasteiger partial charge on any atom is 0.338 e. The number of rotatable bonds is 9. The first-order valence-corrected chi connectivity index (χ1v) is 12.7. The van der Waals surface area contributed by atoms with Crippen LogP contribution in [0.4, 0.5) is 4.39 Å². The number of hydrogen-bond acceptors (Lipinski definition) is 6. The van der Waals surface area contributed by atoms with Crippen LogP contribution in [0.15, 0.2) is 91.6 Å². The van der Waals surface area contributed by atoms with Gasteiger partial charge < -0.3 is 14.2 Å². The van der Waals surface area contributed by atoms with E-state index in [0.717, 1.165) is 35.6 Å². The molecule has 0 heterocycles. The van der Waals surface area contributed by atoms with E-state index in [2.05, 4.69) is 19.7 Å². The summed E-state index contributed by atoms with van der Waals surface area (Å²) >= 11 is 0. The number of halogens is 1. The molecule has 3 aromatic rings. The molecular weight excluding hydrogens is 511 g/mol. The summed E-state index contributed by atoms with van der Waals surface area (Å²) in [4.78, 5) is 35.6. The molecule has 1 aliphatic rings. The lowest BCUT2D eigenvalue weighted by molar-refractivity contribution is -0.139. The average Bonchev–Trinajstić information content (AvgIpc) is 3.33. The van der Waals surface area contributed by atoms with E-state index < -0.39 is 23.7 Å². The molecule has 0 radical (unpaired) electrons. The molecule has 0 amide bonds. The monoisotopic (exact) mass is 540 g/mol. The number of esters is 3. The molecule has 0 aliphatic heterocycles. The van der Waals surface area contributed by atoms with E-state index in [1.807, 2.05) is 18.2 Å². The van der Waals surface area contributed by atoms with Crippen LogP contribution in [0, 0.1) is 11.7 Å². The van der Waals surface area contributed by atoms with Crippen molar-refractivity contribution in [3.8, 4) is 33.8 Å². The van der Waals surface area contributed by atoms with Crippen LogP contribution in [-0.2, 0) is 32.0 Å². The Balaban J connectivity index is 1.61. The van der Waals surface area contributed by atoms with Gasteiger partial charge in [0.2, 0.25) is 0 Å². The van der Waals surface area contributed by atoms with E-state index >= 15 is 4.39 Å². The standard InChI is InChI=1S/C33H29FO6/c1-6-31(35)38-18-21-11-22-7-8-24(13-25(22)12-21)29-10-9-23(16-30(29)34)26-14-27(39-32(36)19(2)3)17-28(15-26)40-33(37)20(4)5/h6-10,13-17,21H,1-2,4,11-12,18H2,3,5H3. The van der Waals surface area contributed by atoms with Crippen molar-refractivity contribution in [3.63, 3.8) is 0 Å². The highest BCUT2D eigenvalue weighted by molar-refractivity contribution is 5.90. The van der Waals surface area contributed by atoms with E-state index in [-0.39, 0.29) is 28.6 Å². The first kappa shape index (κ1) is 28.2. The van der Waals surface area contributed by atoms with Gasteiger partial charge in [0.05, 0.1) is 6.61 Å². The molecule has 7 heteroatoms. The van der Waals surface area contributed by atoms with Crippen LogP contribution in [0.1, 0.15) is 25.0 Å². The highest BCUT2D eigenvalue weighted by Crippen LogP contribution is 2.35. The second-order valence-electron chi connectivity index (χ2n) is 9.82. The average molecular weight is 541 g/mol. The first-order valence-electron chi connectivity index (χ1n) is 12.7. The minimum absolute atomic E-state index is 0.117. The van der Waals surface area contributed by atoms with Gasteiger partial charge in [0.25, 0.3) is 0 Å².